The van der Waals surface area contributed by atoms with Crippen LogP contribution in [0.4, 0.5) is 11.4 Å². The number of carboxylic acid groups (broad SMARTS) is 1. The summed E-state index contributed by atoms with van der Waals surface area (Å²) in [7, 11) is 0. The summed E-state index contributed by atoms with van der Waals surface area (Å²) in [5.74, 6) is -4.74. The van der Waals surface area contributed by atoms with E-state index in [1.54, 1.807) is 18.2 Å². The van der Waals surface area contributed by atoms with Crippen LogP contribution in [0.15, 0.2) is 48.5 Å². The lowest BCUT2D eigenvalue weighted by atomic mass is 10.2. The van der Waals surface area contributed by atoms with E-state index in [1.807, 2.05) is 0 Å². The largest absolute Gasteiger partial charge is 0.504 e. The standard InChI is InChI=1S/C26H26N4O9/c1-15(32)29-12-18(28-23(35)9-7-16-6-8-21(33)22(34)10-16)26(39)30(20-5-3-2-4-19(20)29)13-24(36)27-17(14-31)11-25(37)38/h2-10,14,17-18,33-34H,11-13H2,1H3,(H,27,36)(H,28,35)(H,37,38)/b9-7+. The molecule has 2 atom stereocenters. The third-order valence-electron chi connectivity index (χ3n) is 5.72. The van der Waals surface area contributed by atoms with Gasteiger partial charge >= 0.3 is 5.97 Å². The second-order valence-corrected chi connectivity index (χ2v) is 8.59. The molecule has 3 rings (SSSR count). The van der Waals surface area contributed by atoms with Gasteiger partial charge in [0, 0.05) is 13.0 Å². The van der Waals surface area contributed by atoms with Gasteiger partial charge in [0.15, 0.2) is 11.5 Å². The predicted octanol–water partition coefficient (Wildman–Crippen LogP) is 0.154. The molecule has 4 amide bonds. The topological polar surface area (TPSA) is 194 Å². The number of nitrogens with one attached hydrogen (secondary N) is 2. The molecule has 0 aromatic heterocycles. The number of phenols is 2. The fourth-order valence-corrected chi connectivity index (χ4v) is 3.91. The molecule has 1 aliphatic rings. The second-order valence-electron chi connectivity index (χ2n) is 8.59. The van der Waals surface area contributed by atoms with E-state index in [0.29, 0.717) is 11.3 Å². The Hall–Kier alpha value is -5.20. The Morgan fingerprint density at radius 3 is 2.38 bits per heavy atom. The number of rotatable bonds is 9. The summed E-state index contributed by atoms with van der Waals surface area (Å²) >= 11 is 0. The minimum Gasteiger partial charge on any atom is -0.504 e. The van der Waals surface area contributed by atoms with Gasteiger partial charge in [0.2, 0.25) is 17.7 Å². The van der Waals surface area contributed by atoms with Crippen LogP contribution < -0.4 is 20.4 Å². The van der Waals surface area contributed by atoms with E-state index in [1.165, 1.54) is 42.2 Å². The first-order chi connectivity index (χ1) is 18.5. The van der Waals surface area contributed by atoms with Crippen LogP contribution in [0.2, 0.25) is 0 Å². The van der Waals surface area contributed by atoms with Crippen molar-refractivity contribution in [1.29, 1.82) is 0 Å². The molecule has 0 aliphatic carbocycles. The number of aldehydes is 1. The Morgan fingerprint density at radius 2 is 1.77 bits per heavy atom. The number of aromatic hydroxyl groups is 2. The molecule has 1 aliphatic heterocycles. The number of phenolic OH excluding ortho intramolecular Hbond substituents is 2. The number of aliphatic carboxylic acids is 1. The Balaban J connectivity index is 1.88. The molecule has 2 aromatic carbocycles. The summed E-state index contributed by atoms with van der Waals surface area (Å²) in [5, 5.41) is 32.7. The van der Waals surface area contributed by atoms with Crippen molar-refractivity contribution in [1.82, 2.24) is 10.6 Å². The number of para-hydroxylation sites is 2. The van der Waals surface area contributed by atoms with E-state index in [2.05, 4.69) is 10.6 Å². The number of carbonyl (C=O) groups excluding carboxylic acids is 5. The van der Waals surface area contributed by atoms with Crippen LogP contribution in [0.3, 0.4) is 0 Å². The van der Waals surface area contributed by atoms with Crippen LogP contribution in [0, 0.1) is 0 Å². The molecule has 0 spiro atoms. The van der Waals surface area contributed by atoms with Gasteiger partial charge in [-0.3, -0.25) is 28.9 Å². The van der Waals surface area contributed by atoms with Gasteiger partial charge < -0.3 is 35.6 Å². The van der Waals surface area contributed by atoms with E-state index in [9.17, 15) is 39.0 Å². The number of nitrogens with zero attached hydrogens (tertiary/aromatic N) is 2. The maximum atomic E-state index is 13.6. The van der Waals surface area contributed by atoms with Gasteiger partial charge in [-0.1, -0.05) is 18.2 Å². The zero-order chi connectivity index (χ0) is 28.7. The summed E-state index contributed by atoms with van der Waals surface area (Å²) in [6.07, 6.45) is 2.04. The number of hydrogen-bond acceptors (Lipinski definition) is 8. The van der Waals surface area contributed by atoms with Gasteiger partial charge in [-0.15, -0.1) is 0 Å². The lowest BCUT2D eigenvalue weighted by Crippen LogP contribution is -2.54. The summed E-state index contributed by atoms with van der Waals surface area (Å²) in [4.78, 5) is 75.9. The molecule has 39 heavy (non-hydrogen) atoms. The van der Waals surface area contributed by atoms with E-state index in [-0.39, 0.29) is 30.0 Å². The fourth-order valence-electron chi connectivity index (χ4n) is 3.91. The molecule has 13 heteroatoms. The molecule has 0 radical (unpaired) electrons. The highest BCUT2D eigenvalue weighted by molar-refractivity contribution is 6.10. The van der Waals surface area contributed by atoms with E-state index in [4.69, 9.17) is 5.11 Å². The first kappa shape index (κ1) is 28.4. The smallest absolute Gasteiger partial charge is 0.305 e. The van der Waals surface area contributed by atoms with Crippen LogP contribution in [0.25, 0.3) is 6.08 Å². The summed E-state index contributed by atoms with van der Waals surface area (Å²) < 4.78 is 0. The van der Waals surface area contributed by atoms with E-state index < -0.39 is 54.6 Å². The molecule has 0 saturated heterocycles. The van der Waals surface area contributed by atoms with Crippen molar-refractivity contribution in [2.45, 2.75) is 25.4 Å². The number of hydrogen-bond donors (Lipinski definition) is 5. The molecule has 0 saturated carbocycles. The van der Waals surface area contributed by atoms with Crippen molar-refractivity contribution < 1.29 is 44.1 Å². The minimum atomic E-state index is -1.32. The molecule has 2 unspecified atom stereocenters. The Labute approximate surface area is 222 Å². The first-order valence-corrected chi connectivity index (χ1v) is 11.7. The average molecular weight is 539 g/mol. The Morgan fingerprint density at radius 1 is 1.08 bits per heavy atom. The van der Waals surface area contributed by atoms with Crippen LogP contribution in [0.1, 0.15) is 18.9 Å². The van der Waals surface area contributed by atoms with Gasteiger partial charge in [0.1, 0.15) is 18.9 Å². The number of benzene rings is 2. The average Bonchev–Trinajstić information content (AvgIpc) is 2.99. The number of carboxylic acids is 1. The predicted molar refractivity (Wildman–Crippen MR) is 138 cm³/mol. The van der Waals surface area contributed by atoms with Crippen molar-refractivity contribution >= 4 is 53.3 Å². The third kappa shape index (κ3) is 7.19. The van der Waals surface area contributed by atoms with Gasteiger partial charge in [0.25, 0.3) is 5.91 Å². The van der Waals surface area contributed by atoms with Crippen LogP contribution >= 0.6 is 0 Å². The summed E-state index contributed by atoms with van der Waals surface area (Å²) in [6.45, 7) is 0.402. The van der Waals surface area contributed by atoms with Crippen molar-refractivity contribution in [2.75, 3.05) is 22.9 Å². The zero-order valence-corrected chi connectivity index (χ0v) is 20.7. The minimum absolute atomic E-state index is 0.195. The van der Waals surface area contributed by atoms with Crippen LogP contribution in [0.5, 0.6) is 11.5 Å². The van der Waals surface area contributed by atoms with Gasteiger partial charge in [0.05, 0.1) is 30.4 Å². The summed E-state index contributed by atoms with van der Waals surface area (Å²) in [6, 6.07) is 7.58. The molecule has 13 nitrogen and oxygen atoms in total. The highest BCUT2D eigenvalue weighted by atomic mass is 16.4. The maximum absolute atomic E-state index is 13.6. The number of carbonyl (C=O) groups is 6. The first-order valence-electron chi connectivity index (χ1n) is 11.7. The van der Waals surface area contributed by atoms with Gasteiger partial charge in [-0.2, -0.15) is 0 Å². The molecule has 0 fully saturated rings. The lowest BCUT2D eigenvalue weighted by Gasteiger charge is -2.25. The molecule has 204 valence electrons. The molecule has 0 bridgehead atoms. The molecule has 1 heterocycles. The van der Waals surface area contributed by atoms with Crippen molar-refractivity contribution in [2.24, 2.45) is 0 Å². The molecular weight excluding hydrogens is 512 g/mol. The lowest BCUT2D eigenvalue weighted by molar-refractivity contribution is -0.139. The van der Waals surface area contributed by atoms with Gasteiger partial charge in [-0.05, 0) is 35.9 Å². The number of fused-ring (bicyclic) bond motifs is 1. The SMILES string of the molecule is CC(=O)N1CC(NC(=O)/C=C/c2ccc(O)c(O)c2)C(=O)N(CC(=O)NC(C=O)CC(=O)O)c2ccccc21. The monoisotopic (exact) mass is 538 g/mol. The molecular formula is C26H26N4O9. The molecule has 5 N–H and O–H groups in total. The highest BCUT2D eigenvalue weighted by Gasteiger charge is 2.36. The van der Waals surface area contributed by atoms with E-state index in [0.717, 1.165) is 11.0 Å². The fraction of sp³-hybridized carbons (Fsp3) is 0.231. The van der Waals surface area contributed by atoms with Crippen molar-refractivity contribution in [3.63, 3.8) is 0 Å². The zero-order valence-electron chi connectivity index (χ0n) is 20.7. The van der Waals surface area contributed by atoms with E-state index >= 15 is 0 Å². The quantitative estimate of drug-likeness (QED) is 0.168. The Kier molecular flexibility index (Phi) is 8.99. The maximum Gasteiger partial charge on any atom is 0.305 e. The summed E-state index contributed by atoms with van der Waals surface area (Å²) in [5.41, 5.74) is 0.880. The van der Waals surface area contributed by atoms with Gasteiger partial charge in [-0.25, -0.2) is 0 Å². The second kappa shape index (κ2) is 12.4. The number of amides is 4. The van der Waals surface area contributed by atoms with Crippen LogP contribution in [-0.2, 0) is 28.8 Å². The third-order valence-corrected chi connectivity index (χ3v) is 5.72. The van der Waals surface area contributed by atoms with Crippen LogP contribution in [-0.4, -0.2) is 76.4 Å². The normalized spacial score (nSPS) is 15.7. The highest BCUT2D eigenvalue weighted by Crippen LogP contribution is 2.33. The number of anilines is 2. The molecule has 2 aromatic rings. The Bertz CT molecular complexity index is 1340. The van der Waals surface area contributed by atoms with Crippen molar-refractivity contribution in [3.05, 3.63) is 54.1 Å². The van der Waals surface area contributed by atoms with Crippen molar-refractivity contribution in [3.8, 4) is 11.5 Å².